The molecule has 0 bridgehead atoms. The van der Waals surface area contributed by atoms with Crippen molar-refractivity contribution in [2.24, 2.45) is 0 Å². The number of fused-ring (bicyclic) bond motifs is 1. The molecular weight excluding hydrogens is 315 g/mol. The minimum atomic E-state index is -0.204. The summed E-state index contributed by atoms with van der Waals surface area (Å²) in [6.07, 6.45) is 0.824. The summed E-state index contributed by atoms with van der Waals surface area (Å²) in [5.74, 6) is 0.536. The van der Waals surface area contributed by atoms with Crippen LogP contribution < -0.4 is 10.6 Å². The van der Waals surface area contributed by atoms with E-state index in [1.54, 1.807) is 13.2 Å². The molecule has 1 aliphatic rings. The van der Waals surface area contributed by atoms with Crippen LogP contribution >= 0.6 is 24.2 Å². The van der Waals surface area contributed by atoms with Crippen LogP contribution in [0.1, 0.15) is 18.0 Å². The number of nitrogens with one attached hydrogen (secondary N) is 2. The zero-order valence-electron chi connectivity index (χ0n) is 11.9. The number of methoxy groups -OCH3 is 1. The predicted octanol–water partition coefficient (Wildman–Crippen LogP) is 2.14. The molecule has 1 atom stereocenters. The van der Waals surface area contributed by atoms with E-state index >= 15 is 0 Å². The van der Waals surface area contributed by atoms with Crippen molar-refractivity contribution < 1.29 is 13.9 Å². The molecule has 7 heteroatoms. The number of carbonyl (C=O) groups excluding carboxylic acids is 1. The Kier molecular flexibility index (Phi) is 8.03. The molecule has 2 rings (SSSR count). The molecule has 21 heavy (non-hydrogen) atoms. The lowest BCUT2D eigenvalue weighted by Crippen LogP contribution is -2.38. The number of ether oxygens (including phenoxy) is 1. The van der Waals surface area contributed by atoms with Gasteiger partial charge in [0.15, 0.2) is 0 Å². The zero-order valence-corrected chi connectivity index (χ0v) is 13.5. The molecular formula is C14H20ClFN2O2S. The van der Waals surface area contributed by atoms with E-state index in [1.165, 1.54) is 17.8 Å². The Balaban J connectivity index is 0.00000220. The fraction of sp³-hybridized carbons (Fsp3) is 0.500. The Morgan fingerprint density at radius 3 is 3.10 bits per heavy atom. The van der Waals surface area contributed by atoms with Crippen LogP contribution in [0.5, 0.6) is 0 Å². The predicted molar refractivity (Wildman–Crippen MR) is 84.6 cm³/mol. The molecule has 0 spiro atoms. The van der Waals surface area contributed by atoms with Crippen molar-refractivity contribution >= 4 is 30.1 Å². The van der Waals surface area contributed by atoms with Gasteiger partial charge in [-0.25, -0.2) is 4.39 Å². The second kappa shape index (κ2) is 9.25. The number of benzene rings is 1. The van der Waals surface area contributed by atoms with Crippen LogP contribution in [-0.2, 0) is 9.53 Å². The normalized spacial score (nSPS) is 16.8. The smallest absolute Gasteiger partial charge is 0.234 e. The van der Waals surface area contributed by atoms with Gasteiger partial charge in [0.25, 0.3) is 0 Å². The van der Waals surface area contributed by atoms with Crippen LogP contribution in [0.15, 0.2) is 23.1 Å². The average Bonchev–Trinajstić information content (AvgIpc) is 2.45. The number of carbonyl (C=O) groups is 1. The second-order valence-electron chi connectivity index (χ2n) is 4.58. The monoisotopic (exact) mass is 334 g/mol. The summed E-state index contributed by atoms with van der Waals surface area (Å²) in [5.41, 5.74) is 0.881. The number of rotatable bonds is 6. The van der Waals surface area contributed by atoms with Crippen molar-refractivity contribution in [2.75, 3.05) is 32.6 Å². The van der Waals surface area contributed by atoms with Crippen LogP contribution in [0.4, 0.5) is 4.39 Å². The Bertz CT molecular complexity index is 476. The number of halogens is 2. The molecule has 0 aromatic heterocycles. The lowest BCUT2D eigenvalue weighted by atomic mass is 10.0. The van der Waals surface area contributed by atoms with Crippen LogP contribution in [0, 0.1) is 5.82 Å². The minimum Gasteiger partial charge on any atom is -0.383 e. The van der Waals surface area contributed by atoms with E-state index in [1.807, 2.05) is 6.07 Å². The maximum Gasteiger partial charge on any atom is 0.234 e. The molecule has 0 saturated heterocycles. The van der Waals surface area contributed by atoms with Gasteiger partial charge in [0.05, 0.1) is 19.2 Å². The SMILES string of the molecule is COCCNCC(=O)NC1CCSc2c(F)cccc21.Cl. The van der Waals surface area contributed by atoms with Gasteiger partial charge in [0.1, 0.15) is 5.82 Å². The summed E-state index contributed by atoms with van der Waals surface area (Å²) in [5, 5.41) is 5.95. The van der Waals surface area contributed by atoms with Gasteiger partial charge in [-0.3, -0.25) is 4.79 Å². The number of thioether (sulfide) groups is 1. The van der Waals surface area contributed by atoms with Crippen molar-refractivity contribution in [1.29, 1.82) is 0 Å². The third-order valence-electron chi connectivity index (χ3n) is 3.13. The number of hydrogen-bond donors (Lipinski definition) is 2. The van der Waals surface area contributed by atoms with Gasteiger partial charge in [-0.2, -0.15) is 0 Å². The molecule has 1 aliphatic heterocycles. The van der Waals surface area contributed by atoms with Crippen LogP contribution in [0.25, 0.3) is 0 Å². The fourth-order valence-electron chi connectivity index (χ4n) is 2.16. The standard InChI is InChI=1S/C14H19FN2O2S.ClH/c1-19-7-6-16-9-13(18)17-12-5-8-20-14-10(12)3-2-4-11(14)15;/h2-4,12,16H,5-9H2,1H3,(H,17,18);1H. The third kappa shape index (κ3) is 5.14. The third-order valence-corrected chi connectivity index (χ3v) is 4.29. The molecule has 118 valence electrons. The molecule has 0 radical (unpaired) electrons. The summed E-state index contributed by atoms with van der Waals surface area (Å²) < 4.78 is 18.6. The Labute approximate surface area is 134 Å². The summed E-state index contributed by atoms with van der Waals surface area (Å²) in [7, 11) is 1.62. The Morgan fingerprint density at radius 1 is 1.52 bits per heavy atom. The van der Waals surface area contributed by atoms with E-state index in [9.17, 15) is 9.18 Å². The molecule has 1 amide bonds. The van der Waals surface area contributed by atoms with Crippen molar-refractivity contribution in [1.82, 2.24) is 10.6 Å². The number of amides is 1. The minimum absolute atomic E-state index is 0. The van der Waals surface area contributed by atoms with Gasteiger partial charge in [0, 0.05) is 24.3 Å². The topological polar surface area (TPSA) is 50.4 Å². The number of hydrogen-bond acceptors (Lipinski definition) is 4. The molecule has 4 nitrogen and oxygen atoms in total. The first-order valence-electron chi connectivity index (χ1n) is 6.62. The van der Waals surface area contributed by atoms with Crippen LogP contribution in [-0.4, -0.2) is 38.5 Å². The van der Waals surface area contributed by atoms with E-state index in [0.29, 0.717) is 18.0 Å². The zero-order chi connectivity index (χ0) is 14.4. The molecule has 1 aromatic carbocycles. The molecule has 1 aromatic rings. The lowest BCUT2D eigenvalue weighted by molar-refractivity contribution is -0.121. The van der Waals surface area contributed by atoms with Gasteiger partial charge in [-0.1, -0.05) is 12.1 Å². The van der Waals surface area contributed by atoms with Gasteiger partial charge in [-0.05, 0) is 18.1 Å². The van der Waals surface area contributed by atoms with Crippen molar-refractivity contribution in [3.8, 4) is 0 Å². The van der Waals surface area contributed by atoms with Crippen LogP contribution in [0.3, 0.4) is 0 Å². The maximum absolute atomic E-state index is 13.7. The average molecular weight is 335 g/mol. The van der Waals surface area contributed by atoms with Crippen molar-refractivity contribution in [2.45, 2.75) is 17.4 Å². The highest BCUT2D eigenvalue weighted by Crippen LogP contribution is 2.37. The van der Waals surface area contributed by atoms with Crippen molar-refractivity contribution in [3.63, 3.8) is 0 Å². The summed E-state index contributed by atoms with van der Waals surface area (Å²) in [6.45, 7) is 1.45. The summed E-state index contributed by atoms with van der Waals surface area (Å²) in [6, 6.07) is 4.94. The first-order chi connectivity index (χ1) is 9.72. The van der Waals surface area contributed by atoms with E-state index in [2.05, 4.69) is 10.6 Å². The van der Waals surface area contributed by atoms with Crippen molar-refractivity contribution in [3.05, 3.63) is 29.6 Å². The quantitative estimate of drug-likeness (QED) is 0.783. The van der Waals surface area contributed by atoms with E-state index < -0.39 is 0 Å². The fourth-order valence-corrected chi connectivity index (χ4v) is 3.30. The molecule has 1 unspecified atom stereocenters. The van der Waals surface area contributed by atoms with E-state index in [4.69, 9.17) is 4.74 Å². The van der Waals surface area contributed by atoms with Gasteiger partial charge >= 0.3 is 0 Å². The highest BCUT2D eigenvalue weighted by atomic mass is 35.5. The lowest BCUT2D eigenvalue weighted by Gasteiger charge is -2.26. The summed E-state index contributed by atoms with van der Waals surface area (Å²) >= 11 is 1.51. The van der Waals surface area contributed by atoms with Crippen LogP contribution in [0.2, 0.25) is 0 Å². The highest BCUT2D eigenvalue weighted by molar-refractivity contribution is 7.99. The van der Waals surface area contributed by atoms with Gasteiger partial charge in [-0.15, -0.1) is 24.2 Å². The Morgan fingerprint density at radius 2 is 2.33 bits per heavy atom. The van der Waals surface area contributed by atoms with E-state index in [-0.39, 0.29) is 36.7 Å². The summed E-state index contributed by atoms with van der Waals surface area (Å²) in [4.78, 5) is 12.5. The second-order valence-corrected chi connectivity index (χ2v) is 5.69. The largest absolute Gasteiger partial charge is 0.383 e. The molecule has 2 N–H and O–H groups in total. The Hall–Kier alpha value is -0.820. The highest BCUT2D eigenvalue weighted by Gasteiger charge is 2.24. The molecule has 0 aliphatic carbocycles. The molecule has 1 heterocycles. The van der Waals surface area contributed by atoms with Gasteiger partial charge < -0.3 is 15.4 Å². The molecule has 0 saturated carbocycles. The molecule has 0 fully saturated rings. The first kappa shape index (κ1) is 18.2. The maximum atomic E-state index is 13.7. The van der Waals surface area contributed by atoms with Gasteiger partial charge in [0.2, 0.25) is 5.91 Å². The first-order valence-corrected chi connectivity index (χ1v) is 7.61. The van der Waals surface area contributed by atoms with E-state index in [0.717, 1.165) is 17.7 Å².